The highest BCUT2D eigenvalue weighted by Gasteiger charge is 2.20. The monoisotopic (exact) mass is 442 g/mol. The number of non-ortho nitro benzene ring substituents is 1. The molecule has 10 heteroatoms. The molecule has 0 aliphatic carbocycles. The van der Waals surface area contributed by atoms with Crippen LogP contribution < -0.4 is 15.2 Å². The lowest BCUT2D eigenvalue weighted by Gasteiger charge is -2.19. The second kappa shape index (κ2) is 9.52. The highest BCUT2D eigenvalue weighted by atomic mass is 28.3. The topological polar surface area (TPSA) is 126 Å². The predicted octanol–water partition coefficient (Wildman–Crippen LogP) is 4.97. The fraction of sp³-hybridized carbons (Fsp3) is 0.286. The normalized spacial score (nSPS) is 12.5. The van der Waals surface area contributed by atoms with Crippen molar-refractivity contribution in [1.29, 1.82) is 0 Å². The molecule has 2 rings (SSSR count). The van der Waals surface area contributed by atoms with Crippen molar-refractivity contribution in [3.63, 3.8) is 0 Å². The van der Waals surface area contributed by atoms with E-state index in [1.54, 1.807) is 0 Å². The van der Waals surface area contributed by atoms with Gasteiger partial charge in [0.05, 0.1) is 20.1 Å². The molecule has 0 aliphatic heterocycles. The van der Waals surface area contributed by atoms with Gasteiger partial charge >= 0.3 is 0 Å². The summed E-state index contributed by atoms with van der Waals surface area (Å²) >= 11 is 0. The Labute approximate surface area is 181 Å². The van der Waals surface area contributed by atoms with Gasteiger partial charge in [0.15, 0.2) is 5.70 Å². The van der Waals surface area contributed by atoms with E-state index in [1.165, 1.54) is 37.4 Å². The molecule has 0 saturated heterocycles. The number of nitrogens with zero attached hydrogens (tertiary/aromatic N) is 3. The van der Waals surface area contributed by atoms with E-state index < -0.39 is 18.9 Å². The molecule has 0 unspecified atom stereocenters. The number of hydrogen-bond donors (Lipinski definition) is 2. The third kappa shape index (κ3) is 5.98. The fourth-order valence-corrected chi connectivity index (χ4v) is 3.82. The Hall–Kier alpha value is -3.53. The summed E-state index contributed by atoms with van der Waals surface area (Å²) in [7, 11) is -0.212. The maximum atomic E-state index is 12.8. The summed E-state index contributed by atoms with van der Waals surface area (Å²) in [5.74, 6) is -0.753. The van der Waals surface area contributed by atoms with Gasteiger partial charge in [-0.25, -0.2) is 0 Å². The molecule has 0 saturated carbocycles. The minimum absolute atomic E-state index is 0.0557. The summed E-state index contributed by atoms with van der Waals surface area (Å²) in [6.07, 6.45) is 0. The number of aliphatic hydroxyl groups is 1. The fourth-order valence-electron chi connectivity index (χ4n) is 2.66. The van der Waals surface area contributed by atoms with Crippen LogP contribution in [0.5, 0.6) is 5.75 Å². The van der Waals surface area contributed by atoms with E-state index in [-0.39, 0.29) is 28.6 Å². The SMILES string of the molecule is COc1ccc([N+](=O)[O-])cc1N=N/C(C(=O)Nc1cc([Si](C)(C)C)ccc1C)=C(\C)O. The van der Waals surface area contributed by atoms with Crippen molar-refractivity contribution in [2.75, 3.05) is 12.4 Å². The lowest BCUT2D eigenvalue weighted by atomic mass is 10.2. The zero-order chi connectivity index (χ0) is 23.3. The number of methoxy groups -OCH3 is 1. The van der Waals surface area contributed by atoms with Crippen LogP contribution in [0.15, 0.2) is 58.1 Å². The van der Waals surface area contributed by atoms with Gasteiger partial charge in [-0.05, 0) is 31.5 Å². The Morgan fingerprint density at radius 3 is 2.42 bits per heavy atom. The second-order valence-corrected chi connectivity index (χ2v) is 13.1. The van der Waals surface area contributed by atoms with Crippen molar-refractivity contribution in [3.05, 3.63) is 63.5 Å². The van der Waals surface area contributed by atoms with Crippen LogP contribution >= 0.6 is 0 Å². The van der Waals surface area contributed by atoms with Crippen LogP contribution in [0.3, 0.4) is 0 Å². The number of amides is 1. The predicted molar refractivity (Wildman–Crippen MR) is 122 cm³/mol. The zero-order valence-corrected chi connectivity index (χ0v) is 19.4. The Morgan fingerprint density at radius 2 is 1.87 bits per heavy atom. The third-order valence-corrected chi connectivity index (χ3v) is 6.58. The van der Waals surface area contributed by atoms with E-state index in [2.05, 4.69) is 41.3 Å². The lowest BCUT2D eigenvalue weighted by molar-refractivity contribution is -0.384. The van der Waals surface area contributed by atoms with Crippen molar-refractivity contribution >= 4 is 36.2 Å². The van der Waals surface area contributed by atoms with Crippen LogP contribution in [-0.2, 0) is 4.79 Å². The molecule has 0 bridgehead atoms. The minimum atomic E-state index is -1.60. The molecule has 2 aromatic rings. The number of rotatable bonds is 7. The highest BCUT2D eigenvalue weighted by Crippen LogP contribution is 2.32. The van der Waals surface area contributed by atoms with E-state index in [4.69, 9.17) is 4.74 Å². The largest absolute Gasteiger partial charge is 0.510 e. The molecule has 1 amide bonds. The van der Waals surface area contributed by atoms with E-state index >= 15 is 0 Å². The number of azo groups is 1. The summed E-state index contributed by atoms with van der Waals surface area (Å²) in [5.41, 5.74) is 1.02. The zero-order valence-electron chi connectivity index (χ0n) is 18.4. The summed E-state index contributed by atoms with van der Waals surface area (Å²) in [6, 6.07) is 9.75. The van der Waals surface area contributed by atoms with Gasteiger partial charge in [-0.15, -0.1) is 10.2 Å². The van der Waals surface area contributed by atoms with Crippen molar-refractivity contribution < 1.29 is 19.6 Å². The number of carbonyl (C=O) groups is 1. The molecule has 0 radical (unpaired) electrons. The molecule has 2 N–H and O–H groups in total. The summed E-state index contributed by atoms with van der Waals surface area (Å²) in [4.78, 5) is 23.3. The first-order valence-electron chi connectivity index (χ1n) is 9.50. The Balaban J connectivity index is 2.37. The standard InChI is InChI=1S/C21H26N4O5Si/c1-13-7-9-16(31(4,5)6)12-17(13)22-21(27)20(14(2)26)24-23-18-11-15(25(28)29)8-10-19(18)30-3/h7-12,26H,1-6H3,(H,22,27)/b20-14+,24-23?. The number of aliphatic hydroxyl groups excluding tert-OH is 1. The average molecular weight is 443 g/mol. The Kier molecular flexibility index (Phi) is 7.29. The number of hydrogen-bond acceptors (Lipinski definition) is 7. The third-order valence-electron chi connectivity index (χ3n) is 4.54. The van der Waals surface area contributed by atoms with Crippen LogP contribution in [0.2, 0.25) is 19.6 Å². The average Bonchev–Trinajstić information content (AvgIpc) is 2.68. The molecule has 0 fully saturated rings. The summed E-state index contributed by atoms with van der Waals surface area (Å²) < 4.78 is 5.14. The molecule has 2 aromatic carbocycles. The number of nitro groups is 1. The van der Waals surface area contributed by atoms with Crippen molar-refractivity contribution in [3.8, 4) is 5.75 Å². The quantitative estimate of drug-likeness (QED) is 0.156. The molecular formula is C21H26N4O5Si. The van der Waals surface area contributed by atoms with E-state index in [1.807, 2.05) is 19.1 Å². The number of carbonyl (C=O) groups excluding carboxylic acids is 1. The van der Waals surface area contributed by atoms with Crippen molar-refractivity contribution in [2.24, 2.45) is 10.2 Å². The first-order valence-corrected chi connectivity index (χ1v) is 13.0. The van der Waals surface area contributed by atoms with E-state index in [0.29, 0.717) is 5.69 Å². The molecule has 0 spiro atoms. The second-order valence-electron chi connectivity index (χ2n) is 7.98. The number of nitro benzene ring substituents is 1. The number of aryl methyl sites for hydroxylation is 1. The molecule has 0 heterocycles. The highest BCUT2D eigenvalue weighted by molar-refractivity contribution is 6.88. The lowest BCUT2D eigenvalue weighted by Crippen LogP contribution is -2.37. The van der Waals surface area contributed by atoms with Gasteiger partial charge in [0, 0.05) is 17.8 Å². The van der Waals surface area contributed by atoms with Gasteiger partial charge < -0.3 is 15.2 Å². The molecule has 0 aliphatic rings. The smallest absolute Gasteiger partial charge is 0.279 e. The number of nitrogens with one attached hydrogen (secondary N) is 1. The van der Waals surface area contributed by atoms with E-state index in [9.17, 15) is 20.0 Å². The molecular weight excluding hydrogens is 416 g/mol. The van der Waals surface area contributed by atoms with E-state index in [0.717, 1.165) is 5.56 Å². The number of ether oxygens (including phenoxy) is 1. The van der Waals surface area contributed by atoms with Gasteiger partial charge in [0.1, 0.15) is 17.2 Å². The van der Waals surface area contributed by atoms with Gasteiger partial charge in [-0.3, -0.25) is 14.9 Å². The van der Waals surface area contributed by atoms with Crippen LogP contribution in [0.1, 0.15) is 12.5 Å². The van der Waals surface area contributed by atoms with Gasteiger partial charge in [0.2, 0.25) is 0 Å². The van der Waals surface area contributed by atoms with Crippen LogP contribution in [0, 0.1) is 17.0 Å². The van der Waals surface area contributed by atoms with Crippen LogP contribution in [-0.4, -0.2) is 31.1 Å². The molecule has 0 aromatic heterocycles. The maximum absolute atomic E-state index is 12.8. The molecule has 0 atom stereocenters. The number of benzene rings is 2. The molecule has 164 valence electrons. The van der Waals surface area contributed by atoms with Gasteiger partial charge in [0.25, 0.3) is 11.6 Å². The van der Waals surface area contributed by atoms with Crippen LogP contribution in [0.25, 0.3) is 0 Å². The minimum Gasteiger partial charge on any atom is -0.510 e. The number of allylic oxidation sites excluding steroid dienone is 1. The number of anilines is 1. The Morgan fingerprint density at radius 1 is 1.19 bits per heavy atom. The molecule has 9 nitrogen and oxygen atoms in total. The summed E-state index contributed by atoms with van der Waals surface area (Å²) in [5, 5.41) is 32.7. The Bertz CT molecular complexity index is 1070. The maximum Gasteiger partial charge on any atom is 0.279 e. The van der Waals surface area contributed by atoms with Crippen molar-refractivity contribution in [2.45, 2.75) is 33.5 Å². The van der Waals surface area contributed by atoms with Crippen molar-refractivity contribution in [1.82, 2.24) is 0 Å². The summed E-state index contributed by atoms with van der Waals surface area (Å²) in [6.45, 7) is 9.78. The first kappa shape index (κ1) is 23.7. The van der Waals surface area contributed by atoms with Crippen LogP contribution in [0.4, 0.5) is 17.1 Å². The first-order chi connectivity index (χ1) is 14.4. The van der Waals surface area contributed by atoms with Gasteiger partial charge in [-0.1, -0.05) is 37.0 Å². The van der Waals surface area contributed by atoms with Gasteiger partial charge in [-0.2, -0.15) is 0 Å². The molecule has 31 heavy (non-hydrogen) atoms.